The van der Waals surface area contributed by atoms with E-state index in [1.165, 1.54) is 0 Å². The summed E-state index contributed by atoms with van der Waals surface area (Å²) in [7, 11) is 0. The number of rotatable bonds is 5. The van der Waals surface area contributed by atoms with Gasteiger partial charge in [0.05, 0.1) is 11.6 Å². The van der Waals surface area contributed by atoms with Gasteiger partial charge in [-0.15, -0.1) is 5.06 Å². The van der Waals surface area contributed by atoms with E-state index in [1.54, 1.807) is 9.96 Å². The number of carbonyl (C=O) groups is 2. The van der Waals surface area contributed by atoms with Crippen molar-refractivity contribution in [1.29, 1.82) is 5.26 Å². The second-order valence-electron chi connectivity index (χ2n) is 11.9. The Bertz CT molecular complexity index is 916. The molecule has 0 spiro atoms. The molecule has 0 aromatic carbocycles. The maximum atomic E-state index is 12.6. The second kappa shape index (κ2) is 9.80. The standard InChI is InChI=1S/C25H40N8O3/c1-24(2,32-9-7-31(8-10-32)23(35)36-33-5-3-28-4-6-33)22(29-16-26)30-20-18-11-17-12-19(20)15-25(13-17,14-18)21(27)34/h17-20,28H,3-15H2,1-2H3,(H2,27,34)(H,29,30). The van der Waals surface area contributed by atoms with Crippen molar-refractivity contribution < 1.29 is 14.4 Å². The van der Waals surface area contributed by atoms with Crippen molar-refractivity contribution in [2.45, 2.75) is 57.5 Å². The van der Waals surface area contributed by atoms with Gasteiger partial charge >= 0.3 is 6.09 Å². The van der Waals surface area contributed by atoms with Gasteiger partial charge in [0.1, 0.15) is 5.84 Å². The summed E-state index contributed by atoms with van der Waals surface area (Å²) in [5.74, 6) is 1.77. The molecule has 11 nitrogen and oxygen atoms in total. The number of hydrogen-bond acceptors (Lipinski definition) is 8. The molecule has 2 saturated heterocycles. The Morgan fingerprint density at radius 2 is 1.72 bits per heavy atom. The number of nitrogens with zero attached hydrogens (tertiary/aromatic N) is 5. The summed E-state index contributed by atoms with van der Waals surface area (Å²) in [6.45, 7) is 9.66. The molecule has 36 heavy (non-hydrogen) atoms. The third-order valence-electron chi connectivity index (χ3n) is 9.39. The number of nitrogens with two attached hydrogens (primary N) is 1. The number of nitriles is 1. The first-order valence-electron chi connectivity index (χ1n) is 13.4. The van der Waals surface area contributed by atoms with Crippen LogP contribution in [0.15, 0.2) is 4.99 Å². The van der Waals surface area contributed by atoms with Crippen LogP contribution in [0.2, 0.25) is 0 Å². The van der Waals surface area contributed by atoms with Gasteiger partial charge in [-0.2, -0.15) is 5.26 Å². The van der Waals surface area contributed by atoms with E-state index in [-0.39, 0.29) is 23.5 Å². The van der Waals surface area contributed by atoms with Gasteiger partial charge in [0.25, 0.3) is 0 Å². The normalized spacial score (nSPS) is 35.4. The van der Waals surface area contributed by atoms with Gasteiger partial charge in [-0.1, -0.05) is 0 Å². The minimum atomic E-state index is -0.500. The van der Waals surface area contributed by atoms with Crippen molar-refractivity contribution in [3.8, 4) is 6.19 Å². The van der Waals surface area contributed by atoms with Gasteiger partial charge < -0.3 is 20.8 Å². The van der Waals surface area contributed by atoms with E-state index in [0.29, 0.717) is 62.9 Å². The molecular formula is C25H40N8O3. The lowest BCUT2D eigenvalue weighted by atomic mass is 9.48. The van der Waals surface area contributed by atoms with E-state index < -0.39 is 5.54 Å². The van der Waals surface area contributed by atoms with Crippen molar-refractivity contribution in [3.05, 3.63) is 0 Å². The van der Waals surface area contributed by atoms with Crippen molar-refractivity contribution in [3.63, 3.8) is 0 Å². The zero-order chi connectivity index (χ0) is 25.5. The Balaban J connectivity index is 1.25. The van der Waals surface area contributed by atoms with Crippen LogP contribution in [-0.4, -0.2) is 96.6 Å². The quantitative estimate of drug-likeness (QED) is 0.215. The SMILES string of the molecule is CC(C)(C(=NC1C2CC3CC1CC(C(N)=O)(C3)C2)NC#N)N1CCN(C(=O)ON2CCNCC2)CC1. The van der Waals surface area contributed by atoms with Crippen LogP contribution < -0.4 is 16.4 Å². The number of hydroxylamine groups is 2. The van der Waals surface area contributed by atoms with Crippen LogP contribution in [0.3, 0.4) is 0 Å². The number of carbonyl (C=O) groups excluding carboxylic acids is 2. The van der Waals surface area contributed by atoms with Crippen molar-refractivity contribution in [2.24, 2.45) is 33.9 Å². The van der Waals surface area contributed by atoms with Gasteiger partial charge in [-0.05, 0) is 63.7 Å². The summed E-state index contributed by atoms with van der Waals surface area (Å²) < 4.78 is 0. The zero-order valence-corrected chi connectivity index (χ0v) is 21.5. The zero-order valence-electron chi connectivity index (χ0n) is 21.5. The Morgan fingerprint density at radius 3 is 2.31 bits per heavy atom. The molecule has 2 aliphatic heterocycles. The van der Waals surface area contributed by atoms with Gasteiger partial charge in [0.2, 0.25) is 5.91 Å². The molecule has 4 bridgehead atoms. The van der Waals surface area contributed by atoms with Crippen LogP contribution >= 0.6 is 0 Å². The van der Waals surface area contributed by atoms with E-state index in [0.717, 1.165) is 45.2 Å². The fourth-order valence-electron chi connectivity index (χ4n) is 7.56. The predicted octanol–water partition coefficient (Wildman–Crippen LogP) is 0.489. The van der Waals surface area contributed by atoms with Crippen LogP contribution in [0, 0.1) is 34.6 Å². The number of piperazine rings is 2. The highest BCUT2D eigenvalue weighted by atomic mass is 16.7. The van der Waals surface area contributed by atoms with Crippen molar-refractivity contribution in [2.75, 3.05) is 52.4 Å². The number of nitrogens with one attached hydrogen (secondary N) is 2. The molecule has 4 saturated carbocycles. The Kier molecular flexibility index (Phi) is 6.87. The van der Waals surface area contributed by atoms with E-state index >= 15 is 0 Å². The number of hydrogen-bond donors (Lipinski definition) is 3. The average Bonchev–Trinajstić information content (AvgIpc) is 2.85. The van der Waals surface area contributed by atoms with Crippen molar-refractivity contribution >= 4 is 17.8 Å². The summed E-state index contributed by atoms with van der Waals surface area (Å²) in [6, 6.07) is 0.111. The Labute approximate surface area is 213 Å². The minimum Gasteiger partial charge on any atom is -0.369 e. The summed E-state index contributed by atoms with van der Waals surface area (Å²) >= 11 is 0. The topological polar surface area (TPSA) is 139 Å². The molecule has 0 aromatic rings. The third kappa shape index (κ3) is 4.66. The molecule has 2 amide bonds. The summed E-state index contributed by atoms with van der Waals surface area (Å²) in [4.78, 5) is 39.8. The summed E-state index contributed by atoms with van der Waals surface area (Å²) in [5.41, 5.74) is 5.01. The summed E-state index contributed by atoms with van der Waals surface area (Å²) in [5, 5.41) is 17.4. The molecule has 4 aliphatic carbocycles. The molecule has 2 heterocycles. The lowest BCUT2D eigenvalue weighted by Crippen LogP contribution is -2.62. The molecule has 6 aliphatic rings. The van der Waals surface area contributed by atoms with Crippen LogP contribution in [0.4, 0.5) is 4.79 Å². The lowest BCUT2D eigenvalue weighted by Gasteiger charge is -2.58. The largest absolute Gasteiger partial charge is 0.429 e. The first kappa shape index (κ1) is 25.2. The summed E-state index contributed by atoms with van der Waals surface area (Å²) in [6.07, 6.45) is 6.56. The third-order valence-corrected chi connectivity index (χ3v) is 9.39. The van der Waals surface area contributed by atoms with Gasteiger partial charge in [-0.25, -0.2) is 4.79 Å². The monoisotopic (exact) mass is 500 g/mol. The van der Waals surface area contributed by atoms with E-state index in [9.17, 15) is 14.9 Å². The fraction of sp³-hybridized carbons (Fsp3) is 0.840. The predicted molar refractivity (Wildman–Crippen MR) is 133 cm³/mol. The van der Waals surface area contributed by atoms with Gasteiger partial charge in [0, 0.05) is 57.8 Å². The highest BCUT2D eigenvalue weighted by molar-refractivity contribution is 5.92. The Morgan fingerprint density at radius 1 is 1.08 bits per heavy atom. The maximum Gasteiger partial charge on any atom is 0.429 e. The number of aliphatic imine (C=N–C) groups is 1. The molecule has 0 aromatic heterocycles. The molecule has 0 radical (unpaired) electrons. The van der Waals surface area contributed by atoms with Crippen molar-refractivity contribution in [1.82, 2.24) is 25.5 Å². The Hall–Kier alpha value is -2.42. The van der Waals surface area contributed by atoms with Crippen LogP contribution in [0.1, 0.15) is 46.0 Å². The fourth-order valence-corrected chi connectivity index (χ4v) is 7.56. The van der Waals surface area contributed by atoms with E-state index in [1.807, 2.05) is 0 Å². The molecule has 2 unspecified atom stereocenters. The van der Waals surface area contributed by atoms with E-state index in [2.05, 4.69) is 35.6 Å². The first-order valence-corrected chi connectivity index (χ1v) is 13.4. The lowest BCUT2D eigenvalue weighted by molar-refractivity contribution is -0.144. The maximum absolute atomic E-state index is 12.6. The second-order valence-corrected chi connectivity index (χ2v) is 11.9. The minimum absolute atomic E-state index is 0.111. The number of primary amides is 1. The molecule has 11 heteroatoms. The molecule has 6 fully saturated rings. The molecule has 198 valence electrons. The molecule has 2 atom stereocenters. The molecular weight excluding hydrogens is 460 g/mol. The van der Waals surface area contributed by atoms with Gasteiger partial charge in [0.15, 0.2) is 6.19 Å². The number of amides is 2. The smallest absolute Gasteiger partial charge is 0.369 e. The highest BCUT2D eigenvalue weighted by Crippen LogP contribution is 2.60. The first-order chi connectivity index (χ1) is 17.2. The van der Waals surface area contributed by atoms with E-state index in [4.69, 9.17) is 15.6 Å². The van der Waals surface area contributed by atoms with Crippen LogP contribution in [0.25, 0.3) is 0 Å². The average molecular weight is 501 g/mol. The van der Waals surface area contributed by atoms with Crippen LogP contribution in [-0.2, 0) is 9.63 Å². The molecule has 6 rings (SSSR count). The number of amidine groups is 1. The van der Waals surface area contributed by atoms with Crippen LogP contribution in [0.5, 0.6) is 0 Å². The van der Waals surface area contributed by atoms with Gasteiger partial charge in [-0.3, -0.25) is 20.0 Å². The molecule has 4 N–H and O–H groups in total. The highest BCUT2D eigenvalue weighted by Gasteiger charge is 2.58.